The van der Waals surface area contributed by atoms with Crippen LogP contribution in [0.4, 0.5) is 0 Å². The first-order valence-electron chi connectivity index (χ1n) is 2.85. The largest absolute Gasteiger partial charge is 0.444 e. The fourth-order valence-corrected chi connectivity index (χ4v) is 1.49. The minimum Gasteiger partial charge on any atom is -0.417 e. The molecule has 1 rings (SSSR count). The lowest BCUT2D eigenvalue weighted by atomic mass is 10.3. The molecule has 0 saturated carbocycles. The summed E-state index contributed by atoms with van der Waals surface area (Å²) in [6, 6.07) is 8.44. The van der Waals surface area contributed by atoms with Gasteiger partial charge >= 0.3 is 6.30 Å². The normalized spacial score (nSPS) is 15.5. The third kappa shape index (κ3) is 3.56. The van der Waals surface area contributed by atoms with Crippen molar-refractivity contribution in [2.45, 2.75) is 0 Å². The van der Waals surface area contributed by atoms with Crippen LogP contribution in [-0.4, -0.2) is 4.89 Å². The van der Waals surface area contributed by atoms with Crippen molar-refractivity contribution in [3.05, 3.63) is 30.3 Å². The Bertz CT molecular complexity index is 268. The van der Waals surface area contributed by atoms with Crippen LogP contribution in [0.5, 0.6) is 5.75 Å². The molecule has 1 aromatic rings. The van der Waals surface area contributed by atoms with Gasteiger partial charge in [0.05, 0.1) is 15.5 Å². The van der Waals surface area contributed by atoms with Crippen LogP contribution in [0.25, 0.3) is 0 Å². The van der Waals surface area contributed by atoms with E-state index in [1.807, 2.05) is 0 Å². The average Bonchev–Trinajstić information content (AvgIpc) is 1.85. The van der Waals surface area contributed by atoms with E-state index in [1.54, 1.807) is 30.3 Å². The molecule has 0 aliphatic carbocycles. The molecule has 0 bridgehead atoms. The van der Waals surface area contributed by atoms with Gasteiger partial charge in [0.2, 0.25) is 0 Å². The topological polar surface area (TPSA) is 46.5 Å². The molecule has 0 radical (unpaired) electrons. The summed E-state index contributed by atoms with van der Waals surface area (Å²) in [6.45, 7) is 0. The molecule has 0 aliphatic heterocycles. The monoisotopic (exact) mass is 236 g/mol. The minimum absolute atomic E-state index is 0.371. The van der Waals surface area contributed by atoms with Crippen molar-refractivity contribution >= 4 is 21.8 Å². The Kier molecular flexibility index (Phi) is 2.71. The van der Waals surface area contributed by atoms with Gasteiger partial charge in [0, 0.05) is 0 Å². The summed E-state index contributed by atoms with van der Waals surface area (Å²) in [4.78, 5) is 8.72. The van der Waals surface area contributed by atoms with E-state index in [0.29, 0.717) is 5.75 Å². The molecule has 0 spiro atoms. The van der Waals surface area contributed by atoms with Crippen LogP contribution in [0, 0.1) is 0 Å². The summed E-state index contributed by atoms with van der Waals surface area (Å²) in [5, 5.41) is 0. The molecule has 0 heterocycles. The Morgan fingerprint density at radius 3 is 2.36 bits per heavy atom. The smallest absolute Gasteiger partial charge is 0.417 e. The Morgan fingerprint density at radius 2 is 1.91 bits per heavy atom. The Morgan fingerprint density at radius 1 is 1.36 bits per heavy atom. The van der Waals surface area contributed by atoms with E-state index in [0.717, 1.165) is 0 Å². The molecular weight excluding hydrogens is 231 g/mol. The van der Waals surface area contributed by atoms with Gasteiger partial charge in [0.1, 0.15) is 5.75 Å². The Balaban J connectivity index is 2.74. The van der Waals surface area contributed by atoms with Crippen molar-refractivity contribution < 1.29 is 14.0 Å². The van der Waals surface area contributed by atoms with E-state index < -0.39 is 6.30 Å². The first-order valence-corrected chi connectivity index (χ1v) is 6.45. The molecule has 0 saturated heterocycles. The first-order chi connectivity index (χ1) is 5.08. The lowest BCUT2D eigenvalue weighted by molar-refractivity contribution is 0.404. The van der Waals surface area contributed by atoms with Gasteiger partial charge in [-0.3, -0.25) is 0 Å². The van der Waals surface area contributed by atoms with Gasteiger partial charge in [-0.2, -0.15) is 0 Å². The molecule has 60 valence electrons. The number of hydrogen-bond acceptors (Lipinski definition) is 2. The summed E-state index contributed by atoms with van der Waals surface area (Å²) in [7, 11) is 0. The van der Waals surface area contributed by atoms with Gasteiger partial charge in [0.25, 0.3) is 0 Å². The first kappa shape index (κ1) is 8.78. The minimum atomic E-state index is -3.58. The second-order valence-corrected chi connectivity index (χ2v) is 5.63. The number of hydrogen-bond donors (Lipinski definition) is 1. The summed E-state index contributed by atoms with van der Waals surface area (Å²) < 4.78 is 15.3. The second kappa shape index (κ2) is 3.39. The standard InChI is InChI=1S/C6H6BrO3P/c7-11(8,9)10-6-4-2-1-3-5-6/h1-5H,(H,8,9). The summed E-state index contributed by atoms with van der Waals surface area (Å²) >= 11 is 2.50. The molecule has 3 nitrogen and oxygen atoms in total. The number of para-hydroxylation sites is 1. The molecule has 1 aromatic carbocycles. The third-order valence-electron chi connectivity index (χ3n) is 0.961. The lowest BCUT2D eigenvalue weighted by Crippen LogP contribution is -1.83. The average molecular weight is 237 g/mol. The van der Waals surface area contributed by atoms with Crippen molar-refractivity contribution in [2.75, 3.05) is 0 Å². The fourth-order valence-electron chi connectivity index (χ4n) is 0.611. The fraction of sp³-hybridized carbons (Fsp3) is 0. The maximum absolute atomic E-state index is 10.6. The van der Waals surface area contributed by atoms with Crippen molar-refractivity contribution in [3.63, 3.8) is 0 Å². The van der Waals surface area contributed by atoms with Crippen LogP contribution in [0.3, 0.4) is 0 Å². The third-order valence-corrected chi connectivity index (χ3v) is 1.83. The summed E-state index contributed by atoms with van der Waals surface area (Å²) in [5.74, 6) is 0.371. The van der Waals surface area contributed by atoms with Crippen LogP contribution < -0.4 is 4.52 Å². The van der Waals surface area contributed by atoms with E-state index in [2.05, 4.69) is 20.0 Å². The number of rotatable bonds is 2. The van der Waals surface area contributed by atoms with E-state index >= 15 is 0 Å². The number of halogens is 1. The molecule has 0 aliphatic rings. The van der Waals surface area contributed by atoms with Crippen LogP contribution in [0.2, 0.25) is 0 Å². The maximum Gasteiger partial charge on any atom is 0.444 e. The van der Waals surface area contributed by atoms with E-state index in [-0.39, 0.29) is 0 Å². The highest BCUT2D eigenvalue weighted by atomic mass is 79.9. The molecule has 0 aromatic heterocycles. The number of benzene rings is 1. The highest BCUT2D eigenvalue weighted by Gasteiger charge is 2.13. The predicted octanol–water partition coefficient (Wildman–Crippen LogP) is 2.56. The molecule has 0 fully saturated rings. The zero-order valence-electron chi connectivity index (χ0n) is 5.48. The van der Waals surface area contributed by atoms with Gasteiger partial charge < -0.3 is 9.42 Å². The highest BCUT2D eigenvalue weighted by Crippen LogP contribution is 2.49. The lowest BCUT2D eigenvalue weighted by Gasteiger charge is -2.04. The molecule has 5 heteroatoms. The highest BCUT2D eigenvalue weighted by molar-refractivity contribution is 9.39. The quantitative estimate of drug-likeness (QED) is 0.804. The SMILES string of the molecule is O=P(O)(Br)Oc1ccccc1. The van der Waals surface area contributed by atoms with E-state index in [4.69, 9.17) is 4.89 Å². The zero-order valence-corrected chi connectivity index (χ0v) is 7.96. The summed E-state index contributed by atoms with van der Waals surface area (Å²) in [6.07, 6.45) is -3.58. The van der Waals surface area contributed by atoms with Crippen LogP contribution in [0.1, 0.15) is 0 Å². The summed E-state index contributed by atoms with van der Waals surface area (Å²) in [5.41, 5.74) is 0. The van der Waals surface area contributed by atoms with Gasteiger partial charge in [-0.15, -0.1) is 0 Å². The van der Waals surface area contributed by atoms with Crippen LogP contribution in [-0.2, 0) is 4.57 Å². The van der Waals surface area contributed by atoms with E-state index in [9.17, 15) is 4.57 Å². The molecule has 1 atom stereocenters. The molecule has 1 N–H and O–H groups in total. The molecule has 1 unspecified atom stereocenters. The van der Waals surface area contributed by atoms with Gasteiger partial charge in [-0.25, -0.2) is 4.57 Å². The van der Waals surface area contributed by atoms with Crippen molar-refractivity contribution in [1.82, 2.24) is 0 Å². The molecular formula is C6H6BrO3P. The van der Waals surface area contributed by atoms with Crippen LogP contribution >= 0.6 is 21.8 Å². The van der Waals surface area contributed by atoms with Crippen molar-refractivity contribution in [2.24, 2.45) is 0 Å². The van der Waals surface area contributed by atoms with Gasteiger partial charge in [-0.1, -0.05) is 18.2 Å². The Labute approximate surface area is 72.3 Å². The van der Waals surface area contributed by atoms with E-state index in [1.165, 1.54) is 0 Å². The predicted molar refractivity (Wildman–Crippen MR) is 45.8 cm³/mol. The molecule has 0 amide bonds. The van der Waals surface area contributed by atoms with Crippen LogP contribution in [0.15, 0.2) is 30.3 Å². The van der Waals surface area contributed by atoms with Crippen molar-refractivity contribution in [1.29, 1.82) is 0 Å². The maximum atomic E-state index is 10.6. The van der Waals surface area contributed by atoms with Gasteiger partial charge in [0.15, 0.2) is 0 Å². The molecule has 11 heavy (non-hydrogen) atoms. The van der Waals surface area contributed by atoms with Crippen molar-refractivity contribution in [3.8, 4) is 5.75 Å². The Hall–Kier alpha value is -0.310. The zero-order chi connectivity index (χ0) is 8.32. The second-order valence-electron chi connectivity index (χ2n) is 1.86. The van der Waals surface area contributed by atoms with Gasteiger partial charge in [-0.05, 0) is 12.1 Å².